The summed E-state index contributed by atoms with van der Waals surface area (Å²) in [5.41, 5.74) is 3.88. The Balaban J connectivity index is 1.65. The van der Waals surface area contributed by atoms with Gasteiger partial charge in [-0.2, -0.15) is 10.2 Å². The second-order valence-electron chi connectivity index (χ2n) is 4.84. The molecule has 0 saturated carbocycles. The number of carbonyl (C=O) groups excluding carboxylic acids is 1. The Hall–Kier alpha value is -3.24. The molecule has 128 valence electrons. The average Bonchev–Trinajstić information content (AvgIpc) is 3.25. The Morgan fingerprint density at radius 2 is 2.00 bits per heavy atom. The summed E-state index contributed by atoms with van der Waals surface area (Å²) in [6, 6.07) is 13.1. The summed E-state index contributed by atoms with van der Waals surface area (Å²) in [4.78, 5) is 12.0. The summed E-state index contributed by atoms with van der Waals surface area (Å²) in [5, 5.41) is 9.55. The average molecular weight is 359 g/mol. The van der Waals surface area contributed by atoms with Crippen molar-refractivity contribution >= 4 is 22.2 Å². The monoisotopic (exact) mass is 359 g/mol. The van der Waals surface area contributed by atoms with E-state index in [0.717, 1.165) is 17.8 Å². The minimum Gasteiger partial charge on any atom is -0.742 e. The number of nitrogens with one attached hydrogen (secondary N) is 2. The van der Waals surface area contributed by atoms with E-state index in [2.05, 4.69) is 20.7 Å². The van der Waals surface area contributed by atoms with Crippen LogP contribution in [-0.2, 0) is 10.1 Å². The van der Waals surface area contributed by atoms with E-state index in [1.54, 1.807) is 6.07 Å². The summed E-state index contributed by atoms with van der Waals surface area (Å²) in [6.07, 6.45) is 1.07. The van der Waals surface area contributed by atoms with Crippen molar-refractivity contribution in [3.8, 4) is 11.3 Å². The number of H-pyrrole nitrogens is 1. The number of benzene rings is 1. The van der Waals surface area contributed by atoms with Crippen LogP contribution in [0.1, 0.15) is 16.2 Å². The van der Waals surface area contributed by atoms with Gasteiger partial charge in [-0.25, -0.2) is 13.8 Å². The number of aromatic amines is 1. The zero-order chi connectivity index (χ0) is 17.9. The molecule has 2 N–H and O–H groups in total. The fraction of sp³-hybridized carbons (Fsp3) is 0. The lowest BCUT2D eigenvalue weighted by atomic mass is 10.1. The van der Waals surface area contributed by atoms with Crippen molar-refractivity contribution in [2.45, 2.75) is 5.09 Å². The molecule has 0 bridgehead atoms. The number of hydrogen-bond donors (Lipinski definition) is 2. The number of carbonyl (C=O) groups is 1. The predicted octanol–water partition coefficient (Wildman–Crippen LogP) is 1.34. The van der Waals surface area contributed by atoms with E-state index in [1.807, 2.05) is 30.3 Å². The molecule has 10 heteroatoms. The summed E-state index contributed by atoms with van der Waals surface area (Å²) in [7, 11) is -4.67. The number of rotatable bonds is 5. The van der Waals surface area contributed by atoms with Crippen LogP contribution in [0.25, 0.3) is 11.3 Å². The lowest BCUT2D eigenvalue weighted by molar-refractivity contribution is 0.0950. The van der Waals surface area contributed by atoms with E-state index < -0.39 is 21.1 Å². The molecule has 0 fully saturated rings. The van der Waals surface area contributed by atoms with Gasteiger partial charge in [-0.05, 0) is 18.2 Å². The van der Waals surface area contributed by atoms with Gasteiger partial charge in [-0.3, -0.25) is 9.89 Å². The molecule has 1 aromatic carbocycles. The van der Waals surface area contributed by atoms with Crippen LogP contribution in [0.4, 0.5) is 0 Å². The second kappa shape index (κ2) is 6.71. The molecule has 9 nitrogen and oxygen atoms in total. The molecule has 0 radical (unpaired) electrons. The fourth-order valence-corrected chi connectivity index (χ4v) is 2.38. The van der Waals surface area contributed by atoms with Gasteiger partial charge in [-0.1, -0.05) is 30.3 Å². The van der Waals surface area contributed by atoms with Gasteiger partial charge in [0.05, 0.1) is 11.9 Å². The Morgan fingerprint density at radius 3 is 2.68 bits per heavy atom. The maximum atomic E-state index is 12.0. The fourth-order valence-electron chi connectivity index (χ4n) is 1.95. The molecule has 1 amide bonds. The molecule has 0 unspecified atom stereocenters. The van der Waals surface area contributed by atoms with Gasteiger partial charge in [0, 0.05) is 5.56 Å². The quantitative estimate of drug-likeness (QED) is 0.400. The summed E-state index contributed by atoms with van der Waals surface area (Å²) >= 11 is 0. The highest BCUT2D eigenvalue weighted by Crippen LogP contribution is 2.16. The van der Waals surface area contributed by atoms with Gasteiger partial charge in [0.2, 0.25) is 5.09 Å². The van der Waals surface area contributed by atoms with Crippen LogP contribution < -0.4 is 5.43 Å². The van der Waals surface area contributed by atoms with Crippen molar-refractivity contribution in [2.75, 3.05) is 0 Å². The number of nitrogens with zero attached hydrogens (tertiary/aromatic N) is 2. The molecule has 2 heterocycles. The van der Waals surface area contributed by atoms with Crippen molar-refractivity contribution in [2.24, 2.45) is 5.10 Å². The summed E-state index contributed by atoms with van der Waals surface area (Å²) in [5.74, 6) is -0.543. The van der Waals surface area contributed by atoms with Crippen LogP contribution in [0.15, 0.2) is 63.1 Å². The number of aromatic nitrogens is 2. The molecule has 0 spiro atoms. The van der Waals surface area contributed by atoms with Gasteiger partial charge in [0.15, 0.2) is 10.1 Å². The SMILES string of the molecule is O=C(NN=Cc1ccc(S(=O)(=O)[O-])o1)c1cc(-c2ccccc2)n[nH]1. The number of furan rings is 1. The van der Waals surface area contributed by atoms with E-state index in [0.29, 0.717) is 5.69 Å². The first-order chi connectivity index (χ1) is 11.9. The first-order valence-electron chi connectivity index (χ1n) is 6.93. The lowest BCUT2D eigenvalue weighted by Gasteiger charge is -2.00. The molecule has 0 aliphatic rings. The van der Waals surface area contributed by atoms with Crippen molar-refractivity contribution in [3.63, 3.8) is 0 Å². The Labute approximate surface area is 142 Å². The minimum absolute atomic E-state index is 0.00399. The van der Waals surface area contributed by atoms with Gasteiger partial charge in [0.25, 0.3) is 5.91 Å². The highest BCUT2D eigenvalue weighted by atomic mass is 32.2. The smallest absolute Gasteiger partial charge is 0.289 e. The topological polar surface area (TPSA) is 140 Å². The van der Waals surface area contributed by atoms with E-state index in [1.165, 1.54) is 6.07 Å². The molecular weight excluding hydrogens is 348 g/mol. The molecule has 0 atom stereocenters. The first kappa shape index (κ1) is 16.6. The first-order valence-corrected chi connectivity index (χ1v) is 8.34. The second-order valence-corrected chi connectivity index (χ2v) is 6.15. The normalized spacial score (nSPS) is 11.7. The van der Waals surface area contributed by atoms with Gasteiger partial charge >= 0.3 is 0 Å². The van der Waals surface area contributed by atoms with Crippen molar-refractivity contribution in [3.05, 3.63) is 60.0 Å². The van der Waals surface area contributed by atoms with Gasteiger partial charge in [-0.15, -0.1) is 0 Å². The molecule has 25 heavy (non-hydrogen) atoms. The number of hydrogen-bond acceptors (Lipinski definition) is 7. The summed E-state index contributed by atoms with van der Waals surface area (Å²) in [6.45, 7) is 0. The summed E-state index contributed by atoms with van der Waals surface area (Å²) < 4.78 is 37.1. The number of amides is 1. The van der Waals surface area contributed by atoms with Crippen LogP contribution in [0.2, 0.25) is 0 Å². The molecule has 2 aromatic heterocycles. The number of hydrazone groups is 1. The molecule has 0 aliphatic heterocycles. The molecule has 0 aliphatic carbocycles. The van der Waals surface area contributed by atoms with Gasteiger partial charge in [0.1, 0.15) is 11.5 Å². The maximum absolute atomic E-state index is 12.0. The third-order valence-electron chi connectivity index (χ3n) is 3.10. The lowest BCUT2D eigenvalue weighted by Crippen LogP contribution is -2.17. The minimum atomic E-state index is -4.67. The van der Waals surface area contributed by atoms with Crippen LogP contribution in [0.5, 0.6) is 0 Å². The third kappa shape index (κ3) is 4.00. The Kier molecular flexibility index (Phi) is 4.46. The van der Waals surface area contributed by atoms with Crippen LogP contribution >= 0.6 is 0 Å². The molecule has 3 aromatic rings. The zero-order valence-electron chi connectivity index (χ0n) is 12.5. The highest BCUT2D eigenvalue weighted by molar-refractivity contribution is 7.85. The van der Waals surface area contributed by atoms with Gasteiger partial charge < -0.3 is 8.97 Å². The van der Waals surface area contributed by atoms with E-state index >= 15 is 0 Å². The largest absolute Gasteiger partial charge is 0.742 e. The van der Waals surface area contributed by atoms with Crippen molar-refractivity contribution in [1.29, 1.82) is 0 Å². The maximum Gasteiger partial charge on any atom is 0.289 e. The zero-order valence-corrected chi connectivity index (χ0v) is 13.4. The standard InChI is InChI=1S/C15H12N4O5S/c20-15(13-8-12(17-18-13)10-4-2-1-3-5-10)19-16-9-11-6-7-14(24-11)25(21,22)23/h1-9H,(H,17,18)(H,19,20)(H,21,22,23)/p-1. The Morgan fingerprint density at radius 1 is 1.24 bits per heavy atom. The van der Waals surface area contributed by atoms with Crippen LogP contribution in [0, 0.1) is 0 Å². The van der Waals surface area contributed by atoms with Crippen LogP contribution in [0.3, 0.4) is 0 Å². The van der Waals surface area contributed by atoms with Crippen molar-refractivity contribution in [1.82, 2.24) is 15.6 Å². The van der Waals surface area contributed by atoms with Crippen molar-refractivity contribution < 1.29 is 22.2 Å². The predicted molar refractivity (Wildman–Crippen MR) is 85.8 cm³/mol. The van der Waals surface area contributed by atoms with E-state index in [-0.39, 0.29) is 11.5 Å². The third-order valence-corrected chi connectivity index (χ3v) is 3.81. The molecule has 3 rings (SSSR count). The Bertz CT molecular complexity index is 1020. The van der Waals surface area contributed by atoms with E-state index in [4.69, 9.17) is 4.42 Å². The van der Waals surface area contributed by atoms with E-state index in [9.17, 15) is 17.8 Å². The highest BCUT2D eigenvalue weighted by Gasteiger charge is 2.10. The molecule has 0 saturated heterocycles. The van der Waals surface area contributed by atoms with Crippen LogP contribution in [-0.4, -0.2) is 35.3 Å². The molecular formula is C15H11N4O5S-.